The maximum atomic E-state index is 13.5. The maximum Gasteiger partial charge on any atom is 0.309 e. The lowest BCUT2D eigenvalue weighted by atomic mass is 9.75. The lowest BCUT2D eigenvalue weighted by molar-refractivity contribution is -0.152. The second-order valence-electron chi connectivity index (χ2n) is 6.08. The Morgan fingerprint density at radius 2 is 2.09 bits per heavy atom. The van der Waals surface area contributed by atoms with Crippen molar-refractivity contribution in [1.29, 1.82) is 0 Å². The highest BCUT2D eigenvalue weighted by molar-refractivity contribution is 6.30. The van der Waals surface area contributed by atoms with Gasteiger partial charge in [0.2, 0.25) is 0 Å². The van der Waals surface area contributed by atoms with Crippen LogP contribution in [0, 0.1) is 11.2 Å². The van der Waals surface area contributed by atoms with Gasteiger partial charge in [-0.25, -0.2) is 4.39 Å². The van der Waals surface area contributed by atoms with Gasteiger partial charge in [-0.05, 0) is 50.9 Å². The van der Waals surface area contributed by atoms with E-state index >= 15 is 0 Å². The number of carbonyl (C=O) groups is 1. The summed E-state index contributed by atoms with van der Waals surface area (Å²) in [5.74, 6) is -1.90. The van der Waals surface area contributed by atoms with Crippen LogP contribution in [0.4, 0.5) is 4.39 Å². The Morgan fingerprint density at radius 1 is 1.43 bits per heavy atom. The monoisotopic (exact) mass is 341 g/mol. The Hall–Kier alpha value is -1.59. The van der Waals surface area contributed by atoms with Crippen molar-refractivity contribution in [3.05, 3.63) is 41.2 Å². The second-order valence-corrected chi connectivity index (χ2v) is 6.52. The summed E-state index contributed by atoms with van der Waals surface area (Å²) in [6, 6.07) is 2.61. The summed E-state index contributed by atoms with van der Waals surface area (Å²) in [4.78, 5) is 13.6. The third-order valence-electron chi connectivity index (χ3n) is 4.59. The molecule has 1 heterocycles. The Balaban J connectivity index is 2.04. The number of likely N-dealkylation sites (tertiary alicyclic amines) is 1. The largest absolute Gasteiger partial charge is 0.505 e. The molecule has 0 aromatic heterocycles. The van der Waals surface area contributed by atoms with Gasteiger partial charge in [-0.2, -0.15) is 0 Å². The first-order valence-electron chi connectivity index (χ1n) is 7.61. The number of phenolic OH excluding ortho intramolecular Hbond substituents is 1. The zero-order chi connectivity index (χ0) is 17.0. The predicted molar refractivity (Wildman–Crippen MR) is 87.1 cm³/mol. The van der Waals surface area contributed by atoms with Crippen molar-refractivity contribution in [3.63, 3.8) is 0 Å². The Kier molecular flexibility index (Phi) is 5.65. The molecule has 0 spiro atoms. The van der Waals surface area contributed by atoms with E-state index in [1.54, 1.807) is 6.08 Å². The first kappa shape index (κ1) is 17.8. The number of aliphatic carboxylic acids is 1. The third-order valence-corrected chi connectivity index (χ3v) is 4.81. The molecule has 6 heteroatoms. The van der Waals surface area contributed by atoms with Crippen LogP contribution < -0.4 is 0 Å². The van der Waals surface area contributed by atoms with Gasteiger partial charge in [-0.15, -0.1) is 6.58 Å². The number of rotatable bonds is 6. The number of allylic oxidation sites excluding steroid dienone is 1. The van der Waals surface area contributed by atoms with Crippen molar-refractivity contribution in [3.8, 4) is 5.75 Å². The fraction of sp³-hybridized carbons (Fsp3) is 0.471. The van der Waals surface area contributed by atoms with E-state index in [0.29, 0.717) is 50.9 Å². The first-order chi connectivity index (χ1) is 10.9. The highest BCUT2D eigenvalue weighted by atomic mass is 35.5. The van der Waals surface area contributed by atoms with Crippen molar-refractivity contribution in [2.75, 3.05) is 13.1 Å². The van der Waals surface area contributed by atoms with Crippen LogP contribution in [0.1, 0.15) is 31.2 Å². The van der Waals surface area contributed by atoms with Gasteiger partial charge in [-0.3, -0.25) is 9.69 Å². The number of hydrogen-bond donors (Lipinski definition) is 2. The molecule has 1 fully saturated rings. The highest BCUT2D eigenvalue weighted by Gasteiger charge is 2.40. The zero-order valence-electron chi connectivity index (χ0n) is 12.9. The lowest BCUT2D eigenvalue weighted by Crippen LogP contribution is -2.44. The molecule has 1 saturated heterocycles. The molecule has 1 aliphatic rings. The predicted octanol–water partition coefficient (Wildman–Crippen LogP) is 3.82. The number of piperidine rings is 1. The van der Waals surface area contributed by atoms with Gasteiger partial charge in [0.25, 0.3) is 0 Å². The molecule has 126 valence electrons. The van der Waals surface area contributed by atoms with Gasteiger partial charge in [0.1, 0.15) is 0 Å². The van der Waals surface area contributed by atoms with Gasteiger partial charge in [0, 0.05) is 17.1 Å². The van der Waals surface area contributed by atoms with Crippen LogP contribution in [0.5, 0.6) is 5.75 Å². The summed E-state index contributed by atoms with van der Waals surface area (Å²) in [5, 5.41) is 19.6. The number of hydrogen-bond acceptors (Lipinski definition) is 3. The first-order valence-corrected chi connectivity index (χ1v) is 7.99. The number of benzene rings is 1. The van der Waals surface area contributed by atoms with Crippen molar-refractivity contribution in [1.82, 2.24) is 4.90 Å². The Labute approximate surface area is 140 Å². The molecule has 2 N–H and O–H groups in total. The van der Waals surface area contributed by atoms with E-state index in [4.69, 9.17) is 11.6 Å². The summed E-state index contributed by atoms with van der Waals surface area (Å²) in [6.07, 6.45) is 4.05. The average molecular weight is 342 g/mol. The molecule has 23 heavy (non-hydrogen) atoms. The third kappa shape index (κ3) is 4.03. The molecular formula is C17H21ClFNO3. The van der Waals surface area contributed by atoms with Crippen LogP contribution in [0.3, 0.4) is 0 Å². The number of carboxylic acid groups (broad SMARTS) is 1. The second kappa shape index (κ2) is 7.32. The number of phenols is 1. The van der Waals surface area contributed by atoms with Crippen LogP contribution in [0.25, 0.3) is 0 Å². The van der Waals surface area contributed by atoms with E-state index in [1.807, 2.05) is 4.90 Å². The zero-order valence-corrected chi connectivity index (χ0v) is 13.7. The molecule has 0 saturated carbocycles. The van der Waals surface area contributed by atoms with E-state index in [1.165, 1.54) is 6.07 Å². The summed E-state index contributed by atoms with van der Waals surface area (Å²) < 4.78 is 13.5. The van der Waals surface area contributed by atoms with Gasteiger partial charge in [0.15, 0.2) is 11.6 Å². The molecule has 2 rings (SSSR count). The lowest BCUT2D eigenvalue weighted by Gasteiger charge is -2.39. The molecule has 1 aromatic rings. The minimum absolute atomic E-state index is 0.234. The molecule has 0 amide bonds. The molecule has 4 nitrogen and oxygen atoms in total. The molecule has 0 radical (unpaired) electrons. The van der Waals surface area contributed by atoms with Gasteiger partial charge >= 0.3 is 5.97 Å². The van der Waals surface area contributed by atoms with Crippen molar-refractivity contribution in [2.24, 2.45) is 5.41 Å². The summed E-state index contributed by atoms with van der Waals surface area (Å²) in [6.45, 7) is 5.16. The number of carboxylic acids is 1. The van der Waals surface area contributed by atoms with E-state index < -0.39 is 23.0 Å². The molecular weight excluding hydrogens is 321 g/mol. The van der Waals surface area contributed by atoms with Crippen LogP contribution in [0.15, 0.2) is 24.8 Å². The molecule has 0 unspecified atom stereocenters. The van der Waals surface area contributed by atoms with Crippen molar-refractivity contribution < 1.29 is 19.4 Å². The molecule has 0 atom stereocenters. The molecule has 1 aromatic carbocycles. The topological polar surface area (TPSA) is 60.8 Å². The highest BCUT2D eigenvalue weighted by Crippen LogP contribution is 2.37. The fourth-order valence-electron chi connectivity index (χ4n) is 3.07. The van der Waals surface area contributed by atoms with Gasteiger partial charge in [0.05, 0.1) is 5.41 Å². The fourth-order valence-corrected chi connectivity index (χ4v) is 3.30. The average Bonchev–Trinajstić information content (AvgIpc) is 2.51. The Morgan fingerprint density at radius 3 is 2.65 bits per heavy atom. The number of aromatic hydroxyl groups is 1. The number of halogens is 2. The Bertz CT molecular complexity index is 598. The van der Waals surface area contributed by atoms with E-state index in [0.717, 1.165) is 6.07 Å². The van der Waals surface area contributed by atoms with Crippen LogP contribution in [-0.2, 0) is 11.3 Å². The van der Waals surface area contributed by atoms with E-state index in [2.05, 4.69) is 6.58 Å². The molecule has 0 bridgehead atoms. The van der Waals surface area contributed by atoms with Crippen LogP contribution >= 0.6 is 11.6 Å². The number of nitrogens with zero attached hydrogens (tertiary/aromatic N) is 1. The van der Waals surface area contributed by atoms with Gasteiger partial charge in [-0.1, -0.05) is 17.7 Å². The molecule has 0 aliphatic carbocycles. The summed E-state index contributed by atoms with van der Waals surface area (Å²) in [7, 11) is 0. The summed E-state index contributed by atoms with van der Waals surface area (Å²) >= 11 is 5.83. The van der Waals surface area contributed by atoms with Crippen molar-refractivity contribution in [2.45, 2.75) is 32.2 Å². The van der Waals surface area contributed by atoms with Gasteiger partial charge < -0.3 is 10.2 Å². The van der Waals surface area contributed by atoms with Crippen molar-refractivity contribution >= 4 is 17.6 Å². The minimum atomic E-state index is -0.768. The van der Waals surface area contributed by atoms with E-state index in [-0.39, 0.29) is 5.02 Å². The molecule has 1 aliphatic heterocycles. The van der Waals surface area contributed by atoms with E-state index in [9.17, 15) is 19.4 Å². The van der Waals surface area contributed by atoms with Crippen LogP contribution in [-0.4, -0.2) is 34.2 Å². The quantitative estimate of drug-likeness (QED) is 0.772. The standard InChI is InChI=1S/C17H21ClFNO3/c1-2-3-4-17(16(22)23)5-7-20(8-6-17)11-12-9-13(18)10-14(19)15(12)21/h2,9-10,21H,1,3-8,11H2,(H,22,23). The van der Waals surface area contributed by atoms with Crippen LogP contribution in [0.2, 0.25) is 5.02 Å². The maximum absolute atomic E-state index is 13.5. The minimum Gasteiger partial charge on any atom is -0.505 e. The smallest absolute Gasteiger partial charge is 0.309 e. The normalized spacial score (nSPS) is 17.8. The summed E-state index contributed by atoms with van der Waals surface area (Å²) in [5.41, 5.74) is -0.296. The SMILES string of the molecule is C=CCCC1(C(=O)O)CCN(Cc2cc(Cl)cc(F)c2O)CC1.